The molecule has 3 rings (SSSR count). The molecule has 1 aliphatic rings. The van der Waals surface area contributed by atoms with Gasteiger partial charge in [0.2, 0.25) is 0 Å². The lowest BCUT2D eigenvalue weighted by molar-refractivity contribution is 0.188. The SMILES string of the molecule is CCc1ccc2ncnc(N3CCN(CCO)CC3)c2c1. The zero-order valence-corrected chi connectivity index (χ0v) is 12.5. The topological polar surface area (TPSA) is 52.5 Å². The Morgan fingerprint density at radius 3 is 2.67 bits per heavy atom. The highest BCUT2D eigenvalue weighted by atomic mass is 16.3. The van der Waals surface area contributed by atoms with Crippen molar-refractivity contribution in [3.63, 3.8) is 0 Å². The maximum atomic E-state index is 9.02. The van der Waals surface area contributed by atoms with Crippen LogP contribution in [-0.2, 0) is 6.42 Å². The molecule has 112 valence electrons. The highest BCUT2D eigenvalue weighted by molar-refractivity contribution is 5.89. The average Bonchev–Trinajstić information content (AvgIpc) is 2.55. The van der Waals surface area contributed by atoms with Gasteiger partial charge >= 0.3 is 0 Å². The van der Waals surface area contributed by atoms with Crippen molar-refractivity contribution in [2.24, 2.45) is 0 Å². The van der Waals surface area contributed by atoms with Crippen LogP contribution in [0.15, 0.2) is 24.5 Å². The number of hydrogen-bond acceptors (Lipinski definition) is 5. The fourth-order valence-electron chi connectivity index (χ4n) is 2.89. The lowest BCUT2D eigenvalue weighted by Gasteiger charge is -2.35. The van der Waals surface area contributed by atoms with Gasteiger partial charge in [-0.2, -0.15) is 0 Å². The Kier molecular flexibility index (Phi) is 4.31. The standard InChI is InChI=1S/C16H22N4O/c1-2-13-3-4-15-14(11-13)16(18-12-17-15)20-7-5-19(6-8-20)9-10-21/h3-4,11-12,21H,2,5-10H2,1H3. The summed E-state index contributed by atoms with van der Waals surface area (Å²) in [4.78, 5) is 13.5. The summed E-state index contributed by atoms with van der Waals surface area (Å²) in [6.45, 7) is 7.00. The molecule has 1 aliphatic heterocycles. The van der Waals surface area contributed by atoms with Gasteiger partial charge in [-0.3, -0.25) is 4.90 Å². The van der Waals surface area contributed by atoms with Crippen molar-refractivity contribution < 1.29 is 5.11 Å². The molecule has 1 aromatic carbocycles. The van der Waals surface area contributed by atoms with E-state index in [2.05, 4.69) is 44.9 Å². The second-order valence-corrected chi connectivity index (χ2v) is 5.45. The van der Waals surface area contributed by atoms with Gasteiger partial charge in [-0.25, -0.2) is 9.97 Å². The zero-order chi connectivity index (χ0) is 14.7. The van der Waals surface area contributed by atoms with Crippen molar-refractivity contribution >= 4 is 16.7 Å². The molecule has 0 saturated carbocycles. The summed E-state index contributed by atoms with van der Waals surface area (Å²) >= 11 is 0. The van der Waals surface area contributed by atoms with Crippen LogP contribution in [0.25, 0.3) is 10.9 Å². The van der Waals surface area contributed by atoms with E-state index in [1.165, 1.54) is 5.56 Å². The number of nitrogens with zero attached hydrogens (tertiary/aromatic N) is 4. The summed E-state index contributed by atoms with van der Waals surface area (Å²) in [6.07, 6.45) is 2.68. The third-order valence-corrected chi connectivity index (χ3v) is 4.18. The molecule has 1 N–H and O–H groups in total. The summed E-state index contributed by atoms with van der Waals surface area (Å²) in [5.74, 6) is 1.04. The molecule has 1 fully saturated rings. The van der Waals surface area contributed by atoms with E-state index in [0.717, 1.165) is 55.9 Å². The van der Waals surface area contributed by atoms with Crippen LogP contribution < -0.4 is 4.90 Å². The highest BCUT2D eigenvalue weighted by Gasteiger charge is 2.19. The summed E-state index contributed by atoms with van der Waals surface area (Å²) in [7, 11) is 0. The van der Waals surface area contributed by atoms with E-state index in [1.807, 2.05) is 0 Å². The number of aromatic nitrogens is 2. The predicted molar refractivity (Wildman–Crippen MR) is 84.7 cm³/mol. The Morgan fingerprint density at radius 2 is 1.95 bits per heavy atom. The molecule has 1 aromatic heterocycles. The molecular weight excluding hydrogens is 264 g/mol. The van der Waals surface area contributed by atoms with Gasteiger partial charge in [0.15, 0.2) is 0 Å². The first-order valence-electron chi connectivity index (χ1n) is 7.63. The van der Waals surface area contributed by atoms with Gasteiger partial charge in [-0.05, 0) is 24.1 Å². The number of aliphatic hydroxyl groups is 1. The van der Waals surface area contributed by atoms with Crippen molar-refractivity contribution in [3.05, 3.63) is 30.1 Å². The maximum Gasteiger partial charge on any atom is 0.139 e. The van der Waals surface area contributed by atoms with E-state index in [9.17, 15) is 0 Å². The molecule has 0 aliphatic carbocycles. The molecule has 0 spiro atoms. The molecule has 21 heavy (non-hydrogen) atoms. The molecule has 0 radical (unpaired) electrons. The lowest BCUT2D eigenvalue weighted by atomic mass is 10.1. The first kappa shape index (κ1) is 14.2. The number of rotatable bonds is 4. The van der Waals surface area contributed by atoms with Crippen LogP contribution in [0.1, 0.15) is 12.5 Å². The number of anilines is 1. The van der Waals surface area contributed by atoms with Crippen LogP contribution in [0.3, 0.4) is 0 Å². The minimum absolute atomic E-state index is 0.232. The molecule has 5 nitrogen and oxygen atoms in total. The van der Waals surface area contributed by atoms with Gasteiger partial charge in [-0.1, -0.05) is 13.0 Å². The molecule has 0 bridgehead atoms. The van der Waals surface area contributed by atoms with E-state index in [-0.39, 0.29) is 6.61 Å². The quantitative estimate of drug-likeness (QED) is 0.918. The van der Waals surface area contributed by atoms with E-state index in [0.29, 0.717) is 0 Å². The van der Waals surface area contributed by atoms with E-state index < -0.39 is 0 Å². The summed E-state index contributed by atoms with van der Waals surface area (Å²) in [5.41, 5.74) is 2.33. The second kappa shape index (κ2) is 6.37. The smallest absolute Gasteiger partial charge is 0.139 e. The largest absolute Gasteiger partial charge is 0.395 e. The van der Waals surface area contributed by atoms with Gasteiger partial charge in [-0.15, -0.1) is 0 Å². The van der Waals surface area contributed by atoms with E-state index >= 15 is 0 Å². The highest BCUT2D eigenvalue weighted by Crippen LogP contribution is 2.25. The van der Waals surface area contributed by atoms with Gasteiger partial charge in [0, 0.05) is 38.1 Å². The Hall–Kier alpha value is -1.72. The van der Waals surface area contributed by atoms with Gasteiger partial charge in [0.25, 0.3) is 0 Å². The Bertz CT molecular complexity index is 608. The third kappa shape index (κ3) is 2.99. The second-order valence-electron chi connectivity index (χ2n) is 5.45. The normalized spacial score (nSPS) is 16.6. The monoisotopic (exact) mass is 286 g/mol. The molecule has 2 heterocycles. The number of benzene rings is 1. The number of β-amino-alcohol motifs (C(OH)–C–C–N with tert-alkyl or cyclic N) is 1. The number of aryl methyl sites for hydroxylation is 1. The van der Waals surface area contributed by atoms with Crippen molar-refractivity contribution in [2.75, 3.05) is 44.2 Å². The number of piperazine rings is 1. The molecule has 0 amide bonds. The molecule has 0 atom stereocenters. The lowest BCUT2D eigenvalue weighted by Crippen LogP contribution is -2.47. The molecular formula is C16H22N4O. The Labute approximate surface area is 125 Å². The van der Waals surface area contributed by atoms with E-state index in [4.69, 9.17) is 5.11 Å². The number of fused-ring (bicyclic) bond motifs is 1. The van der Waals surface area contributed by atoms with Gasteiger partial charge in [0.05, 0.1) is 12.1 Å². The van der Waals surface area contributed by atoms with Gasteiger partial charge in [0.1, 0.15) is 12.1 Å². The van der Waals surface area contributed by atoms with Crippen LogP contribution in [0.4, 0.5) is 5.82 Å². The molecule has 1 saturated heterocycles. The van der Waals surface area contributed by atoms with Gasteiger partial charge < -0.3 is 10.0 Å². The van der Waals surface area contributed by atoms with Crippen LogP contribution in [0, 0.1) is 0 Å². The first-order valence-corrected chi connectivity index (χ1v) is 7.63. The van der Waals surface area contributed by atoms with Crippen LogP contribution in [-0.4, -0.2) is 59.3 Å². The Balaban J connectivity index is 1.87. The first-order chi connectivity index (χ1) is 10.3. The molecule has 0 unspecified atom stereocenters. The summed E-state index contributed by atoms with van der Waals surface area (Å²) < 4.78 is 0. The van der Waals surface area contributed by atoms with Crippen molar-refractivity contribution in [1.29, 1.82) is 0 Å². The van der Waals surface area contributed by atoms with Crippen molar-refractivity contribution in [2.45, 2.75) is 13.3 Å². The molecule has 5 heteroatoms. The minimum atomic E-state index is 0.232. The average molecular weight is 286 g/mol. The maximum absolute atomic E-state index is 9.02. The minimum Gasteiger partial charge on any atom is -0.395 e. The van der Waals surface area contributed by atoms with Crippen molar-refractivity contribution in [3.8, 4) is 0 Å². The van der Waals surface area contributed by atoms with Crippen LogP contribution in [0.5, 0.6) is 0 Å². The Morgan fingerprint density at radius 1 is 1.14 bits per heavy atom. The fourth-order valence-corrected chi connectivity index (χ4v) is 2.89. The number of aliphatic hydroxyl groups excluding tert-OH is 1. The van der Waals surface area contributed by atoms with E-state index in [1.54, 1.807) is 6.33 Å². The summed E-state index contributed by atoms with van der Waals surface area (Å²) in [6, 6.07) is 6.43. The van der Waals surface area contributed by atoms with Crippen molar-refractivity contribution in [1.82, 2.24) is 14.9 Å². The summed E-state index contributed by atoms with van der Waals surface area (Å²) in [5, 5.41) is 10.2. The third-order valence-electron chi connectivity index (χ3n) is 4.18. The predicted octanol–water partition coefficient (Wildman–Crippen LogP) is 1.31. The zero-order valence-electron chi connectivity index (χ0n) is 12.5. The number of hydrogen-bond donors (Lipinski definition) is 1. The van der Waals surface area contributed by atoms with Crippen LogP contribution >= 0.6 is 0 Å². The fraction of sp³-hybridized carbons (Fsp3) is 0.500. The van der Waals surface area contributed by atoms with Crippen LogP contribution in [0.2, 0.25) is 0 Å². The molecule has 2 aromatic rings.